The first-order valence-electron chi connectivity index (χ1n) is 12.5. The number of nitrogens with zero attached hydrogens (tertiary/aromatic N) is 1. The van der Waals surface area contributed by atoms with Gasteiger partial charge in [0.1, 0.15) is 17.5 Å². The molecule has 1 saturated heterocycles. The lowest BCUT2D eigenvalue weighted by atomic mass is 9.49. The molecule has 5 fully saturated rings. The van der Waals surface area contributed by atoms with E-state index in [1.54, 1.807) is 18.2 Å². The van der Waals surface area contributed by atoms with E-state index >= 15 is 0 Å². The summed E-state index contributed by atoms with van der Waals surface area (Å²) >= 11 is 0. The van der Waals surface area contributed by atoms with Gasteiger partial charge in [0.25, 0.3) is 5.91 Å². The largest absolute Gasteiger partial charge is 0.497 e. The molecule has 6 rings (SSSR count). The molecule has 2 atom stereocenters. The fourth-order valence-corrected chi connectivity index (χ4v) is 7.26. The number of nitrogens with one attached hydrogen (secondary N) is 1. The molecule has 9 heteroatoms. The lowest BCUT2D eigenvalue weighted by molar-refractivity contribution is -0.166. The third-order valence-corrected chi connectivity index (χ3v) is 8.33. The summed E-state index contributed by atoms with van der Waals surface area (Å²) in [5.41, 5.74) is 0.0175. The molecule has 0 radical (unpaired) electrons. The highest BCUT2D eigenvalue weighted by Gasteiger charge is 2.57. The SMILES string of the molecule is COc1ccc(NC(=O)COC(=O)[C@@H]2CC(O)CN2C(=O)C23CC4CC(CC(C4)C2)C3)c(OC)c1. The van der Waals surface area contributed by atoms with Gasteiger partial charge in [0.15, 0.2) is 6.61 Å². The van der Waals surface area contributed by atoms with Crippen LogP contribution in [0.15, 0.2) is 18.2 Å². The Morgan fingerprint density at radius 1 is 1.03 bits per heavy atom. The third-order valence-electron chi connectivity index (χ3n) is 8.33. The summed E-state index contributed by atoms with van der Waals surface area (Å²) in [4.78, 5) is 40.7. The summed E-state index contributed by atoms with van der Waals surface area (Å²) in [6.45, 7) is -0.365. The van der Waals surface area contributed by atoms with Crippen molar-refractivity contribution in [1.82, 2.24) is 4.90 Å². The van der Waals surface area contributed by atoms with Crippen LogP contribution in [0.4, 0.5) is 5.69 Å². The molecule has 5 aliphatic rings. The summed E-state index contributed by atoms with van der Waals surface area (Å²) in [5, 5.41) is 13.0. The Morgan fingerprint density at radius 3 is 2.29 bits per heavy atom. The lowest BCUT2D eigenvalue weighted by Crippen LogP contribution is -2.56. The summed E-state index contributed by atoms with van der Waals surface area (Å²) in [7, 11) is 3.01. The number of methoxy groups -OCH3 is 2. The van der Waals surface area contributed by atoms with Crippen LogP contribution in [-0.4, -0.2) is 67.3 Å². The van der Waals surface area contributed by atoms with Gasteiger partial charge in [-0.05, 0) is 68.4 Å². The van der Waals surface area contributed by atoms with Crippen molar-refractivity contribution in [3.05, 3.63) is 18.2 Å². The minimum Gasteiger partial charge on any atom is -0.497 e. The quantitative estimate of drug-likeness (QED) is 0.569. The van der Waals surface area contributed by atoms with Crippen molar-refractivity contribution in [3.8, 4) is 11.5 Å². The highest BCUT2D eigenvalue weighted by molar-refractivity contribution is 5.95. The number of carbonyl (C=O) groups is 3. The molecule has 2 amide bonds. The minimum atomic E-state index is -0.867. The van der Waals surface area contributed by atoms with Crippen molar-refractivity contribution in [2.45, 2.75) is 57.1 Å². The maximum absolute atomic E-state index is 13.8. The molecule has 4 aliphatic carbocycles. The first-order chi connectivity index (χ1) is 16.8. The van der Waals surface area contributed by atoms with E-state index in [0.29, 0.717) is 34.9 Å². The van der Waals surface area contributed by atoms with Crippen molar-refractivity contribution in [2.75, 3.05) is 32.7 Å². The van der Waals surface area contributed by atoms with Gasteiger partial charge in [-0.3, -0.25) is 9.59 Å². The van der Waals surface area contributed by atoms with Crippen LogP contribution in [0.25, 0.3) is 0 Å². The molecule has 9 nitrogen and oxygen atoms in total. The molecule has 1 unspecified atom stereocenters. The number of hydrogen-bond donors (Lipinski definition) is 2. The highest BCUT2D eigenvalue weighted by atomic mass is 16.5. The summed E-state index contributed by atoms with van der Waals surface area (Å²) in [6.07, 6.45) is 5.67. The lowest BCUT2D eigenvalue weighted by Gasteiger charge is -2.56. The average molecular weight is 487 g/mol. The second-order valence-corrected chi connectivity index (χ2v) is 10.8. The van der Waals surface area contributed by atoms with Crippen molar-refractivity contribution in [3.63, 3.8) is 0 Å². The molecule has 0 aromatic heterocycles. The van der Waals surface area contributed by atoms with Gasteiger partial charge in [-0.25, -0.2) is 4.79 Å². The van der Waals surface area contributed by atoms with Crippen LogP contribution in [0.1, 0.15) is 44.9 Å². The number of esters is 1. The maximum Gasteiger partial charge on any atom is 0.329 e. The Kier molecular flexibility index (Phi) is 6.38. The van der Waals surface area contributed by atoms with Crippen LogP contribution in [0.3, 0.4) is 0 Å². The Morgan fingerprint density at radius 2 is 1.69 bits per heavy atom. The smallest absolute Gasteiger partial charge is 0.329 e. The molecule has 190 valence electrons. The van der Waals surface area contributed by atoms with E-state index in [1.807, 2.05) is 0 Å². The zero-order chi connectivity index (χ0) is 24.7. The summed E-state index contributed by atoms with van der Waals surface area (Å²) in [6, 6.07) is 4.08. The van der Waals surface area contributed by atoms with Crippen molar-refractivity contribution in [1.29, 1.82) is 0 Å². The second-order valence-electron chi connectivity index (χ2n) is 10.8. The van der Waals surface area contributed by atoms with E-state index in [4.69, 9.17) is 14.2 Å². The van der Waals surface area contributed by atoms with Gasteiger partial charge in [-0.15, -0.1) is 0 Å². The molecule has 1 aliphatic heterocycles. The van der Waals surface area contributed by atoms with E-state index in [2.05, 4.69) is 5.32 Å². The Labute approximate surface area is 205 Å². The predicted octanol–water partition coefficient (Wildman–Crippen LogP) is 2.36. The number of amides is 2. The Bertz CT molecular complexity index is 974. The van der Waals surface area contributed by atoms with Crippen LogP contribution >= 0.6 is 0 Å². The van der Waals surface area contributed by atoms with Gasteiger partial charge < -0.3 is 29.5 Å². The molecule has 35 heavy (non-hydrogen) atoms. The second kappa shape index (κ2) is 9.33. The first kappa shape index (κ1) is 23.9. The molecule has 0 spiro atoms. The number of rotatable bonds is 7. The first-order valence-corrected chi connectivity index (χ1v) is 12.5. The van der Waals surface area contributed by atoms with Crippen molar-refractivity contribution >= 4 is 23.5 Å². The number of β-amino-alcohol motifs (C(OH)–C–C–N with tert-alkyl or cyclic N) is 1. The highest BCUT2D eigenvalue weighted by Crippen LogP contribution is 2.60. The number of hydrogen-bond acceptors (Lipinski definition) is 7. The van der Waals surface area contributed by atoms with Crippen LogP contribution in [0.2, 0.25) is 0 Å². The number of benzene rings is 1. The fraction of sp³-hybridized carbons (Fsp3) is 0.654. The van der Waals surface area contributed by atoms with E-state index in [9.17, 15) is 19.5 Å². The summed E-state index contributed by atoms with van der Waals surface area (Å²) < 4.78 is 15.7. The predicted molar refractivity (Wildman–Crippen MR) is 126 cm³/mol. The molecule has 1 heterocycles. The maximum atomic E-state index is 13.8. The number of aliphatic hydroxyl groups excluding tert-OH is 1. The van der Waals surface area contributed by atoms with Crippen LogP contribution in [0.5, 0.6) is 11.5 Å². The van der Waals surface area contributed by atoms with Gasteiger partial charge in [0.05, 0.1) is 31.4 Å². The normalized spacial score (nSPS) is 32.9. The van der Waals surface area contributed by atoms with E-state index in [1.165, 1.54) is 38.4 Å². The number of likely N-dealkylation sites (tertiary alicyclic amines) is 1. The molecular formula is C26H34N2O7. The molecule has 4 saturated carbocycles. The molecule has 1 aromatic carbocycles. The number of carbonyl (C=O) groups excluding carboxylic acids is 3. The van der Waals surface area contributed by atoms with E-state index < -0.39 is 36.0 Å². The van der Waals surface area contributed by atoms with Gasteiger partial charge in [-0.1, -0.05) is 0 Å². The number of ether oxygens (including phenoxy) is 3. The van der Waals surface area contributed by atoms with Crippen LogP contribution < -0.4 is 14.8 Å². The molecular weight excluding hydrogens is 452 g/mol. The van der Waals surface area contributed by atoms with Crippen molar-refractivity contribution < 1.29 is 33.7 Å². The Balaban J connectivity index is 1.21. The Hall–Kier alpha value is -2.81. The van der Waals surface area contributed by atoms with Gasteiger partial charge >= 0.3 is 5.97 Å². The standard InChI is InChI=1S/C26H34N2O7/c1-33-19-3-4-20(22(9-19)34-2)27-23(30)14-35-24(31)21-8-18(29)13-28(21)25(32)26-10-15-5-16(11-26)7-17(6-15)12-26/h3-4,9,15-18,21,29H,5-8,10-14H2,1-2H3,(H,27,30)/t15?,16?,17?,18?,21-,26?/m0/s1. The zero-order valence-corrected chi connectivity index (χ0v) is 20.3. The van der Waals surface area contributed by atoms with Gasteiger partial charge in [0, 0.05) is 19.0 Å². The fourth-order valence-electron chi connectivity index (χ4n) is 7.26. The molecule has 2 N–H and O–H groups in total. The van der Waals surface area contributed by atoms with Crippen LogP contribution in [-0.2, 0) is 19.1 Å². The van der Waals surface area contributed by atoms with Crippen molar-refractivity contribution in [2.24, 2.45) is 23.2 Å². The number of aliphatic hydroxyl groups is 1. The van der Waals surface area contributed by atoms with E-state index in [-0.39, 0.29) is 18.9 Å². The third kappa shape index (κ3) is 4.58. The molecule has 4 bridgehead atoms. The van der Waals surface area contributed by atoms with E-state index in [0.717, 1.165) is 19.3 Å². The average Bonchev–Trinajstić information content (AvgIpc) is 3.23. The van der Waals surface area contributed by atoms with Gasteiger partial charge in [0.2, 0.25) is 5.91 Å². The molecule has 1 aromatic rings. The van der Waals surface area contributed by atoms with Gasteiger partial charge in [-0.2, -0.15) is 0 Å². The zero-order valence-electron chi connectivity index (χ0n) is 20.3. The number of anilines is 1. The van der Waals surface area contributed by atoms with Crippen LogP contribution in [0, 0.1) is 23.2 Å². The topological polar surface area (TPSA) is 114 Å². The minimum absolute atomic E-state index is 0.0116. The monoisotopic (exact) mass is 486 g/mol. The summed E-state index contributed by atoms with van der Waals surface area (Å²) in [5.74, 6) is 1.59.